The third-order valence-corrected chi connectivity index (χ3v) is 3.96. The molecule has 1 aromatic heterocycles. The first-order valence-electron chi connectivity index (χ1n) is 5.27. The second kappa shape index (κ2) is 4.41. The SMILES string of the molecule is CCS(=O)(=O)n1cc(-c2cc(N)cc(F)c2)cn1. The van der Waals surface area contributed by atoms with Gasteiger partial charge in [0.1, 0.15) is 5.82 Å². The van der Waals surface area contributed by atoms with Crippen molar-refractivity contribution in [3.05, 3.63) is 36.4 Å². The quantitative estimate of drug-likeness (QED) is 0.856. The fraction of sp³-hybridized carbons (Fsp3) is 0.182. The van der Waals surface area contributed by atoms with E-state index in [9.17, 15) is 12.8 Å². The minimum absolute atomic E-state index is 0.0561. The second-order valence-electron chi connectivity index (χ2n) is 3.78. The van der Waals surface area contributed by atoms with Gasteiger partial charge < -0.3 is 5.73 Å². The zero-order valence-electron chi connectivity index (χ0n) is 9.67. The summed E-state index contributed by atoms with van der Waals surface area (Å²) in [6, 6.07) is 4.02. The molecule has 0 aliphatic rings. The molecular formula is C11H12FN3O2S. The Hall–Kier alpha value is -1.89. The first-order valence-corrected chi connectivity index (χ1v) is 6.87. The van der Waals surface area contributed by atoms with Crippen molar-refractivity contribution in [2.24, 2.45) is 0 Å². The van der Waals surface area contributed by atoms with Crippen LogP contribution in [0.5, 0.6) is 0 Å². The van der Waals surface area contributed by atoms with Crippen LogP contribution in [-0.2, 0) is 10.0 Å². The summed E-state index contributed by atoms with van der Waals surface area (Å²) in [5.74, 6) is -0.532. The summed E-state index contributed by atoms with van der Waals surface area (Å²) in [5, 5.41) is 3.76. The van der Waals surface area contributed by atoms with Gasteiger partial charge >= 0.3 is 0 Å². The van der Waals surface area contributed by atoms with Crippen LogP contribution in [0.1, 0.15) is 6.92 Å². The van der Waals surface area contributed by atoms with E-state index in [1.165, 1.54) is 31.5 Å². The first-order chi connectivity index (χ1) is 8.42. The van der Waals surface area contributed by atoms with Crippen LogP contribution in [0.4, 0.5) is 10.1 Å². The van der Waals surface area contributed by atoms with Crippen molar-refractivity contribution in [1.29, 1.82) is 0 Å². The van der Waals surface area contributed by atoms with E-state index < -0.39 is 15.8 Å². The number of nitrogen functional groups attached to an aromatic ring is 1. The number of nitrogens with two attached hydrogens (primary N) is 1. The summed E-state index contributed by atoms with van der Waals surface area (Å²) in [5.41, 5.74) is 6.79. The second-order valence-corrected chi connectivity index (χ2v) is 5.89. The number of hydrogen-bond acceptors (Lipinski definition) is 4. The molecule has 0 amide bonds. The fourth-order valence-corrected chi connectivity index (χ4v) is 2.25. The Morgan fingerprint density at radius 1 is 1.33 bits per heavy atom. The minimum Gasteiger partial charge on any atom is -0.399 e. The molecule has 2 N–H and O–H groups in total. The zero-order chi connectivity index (χ0) is 13.3. The molecule has 0 bridgehead atoms. The lowest BCUT2D eigenvalue weighted by Crippen LogP contribution is -2.14. The Morgan fingerprint density at radius 2 is 2.06 bits per heavy atom. The van der Waals surface area contributed by atoms with Crippen LogP contribution < -0.4 is 5.73 Å². The summed E-state index contributed by atoms with van der Waals surface area (Å²) in [6.45, 7) is 1.52. The summed E-state index contributed by atoms with van der Waals surface area (Å²) in [4.78, 5) is 0. The number of rotatable bonds is 3. The van der Waals surface area contributed by atoms with E-state index in [4.69, 9.17) is 5.73 Å². The highest BCUT2D eigenvalue weighted by Crippen LogP contribution is 2.22. The van der Waals surface area contributed by atoms with Crippen molar-refractivity contribution in [1.82, 2.24) is 9.19 Å². The van der Waals surface area contributed by atoms with Crippen molar-refractivity contribution in [3.8, 4) is 11.1 Å². The Labute approximate surface area is 104 Å². The van der Waals surface area contributed by atoms with Crippen LogP contribution in [0.3, 0.4) is 0 Å². The van der Waals surface area contributed by atoms with Crippen LogP contribution in [0.15, 0.2) is 30.6 Å². The third-order valence-electron chi connectivity index (χ3n) is 2.46. The Balaban J connectivity index is 2.47. The molecule has 96 valence electrons. The van der Waals surface area contributed by atoms with E-state index in [0.717, 1.165) is 4.09 Å². The van der Waals surface area contributed by atoms with E-state index in [1.54, 1.807) is 6.07 Å². The highest BCUT2D eigenvalue weighted by molar-refractivity contribution is 7.89. The fourth-order valence-electron chi connectivity index (χ4n) is 1.52. The molecule has 0 radical (unpaired) electrons. The Morgan fingerprint density at radius 3 is 2.67 bits per heavy atom. The van der Waals surface area contributed by atoms with Crippen molar-refractivity contribution in [3.63, 3.8) is 0 Å². The van der Waals surface area contributed by atoms with E-state index in [-0.39, 0.29) is 11.4 Å². The van der Waals surface area contributed by atoms with Crippen molar-refractivity contribution >= 4 is 15.7 Å². The van der Waals surface area contributed by atoms with Gasteiger partial charge in [-0.1, -0.05) is 0 Å². The third kappa shape index (κ3) is 2.35. The maximum atomic E-state index is 13.2. The van der Waals surface area contributed by atoms with Gasteiger partial charge in [-0.3, -0.25) is 0 Å². The van der Waals surface area contributed by atoms with Crippen molar-refractivity contribution in [2.45, 2.75) is 6.92 Å². The molecule has 0 aliphatic heterocycles. The highest BCUT2D eigenvalue weighted by Gasteiger charge is 2.13. The summed E-state index contributed by atoms with van der Waals surface area (Å²) in [6.07, 6.45) is 2.70. The molecule has 1 heterocycles. The summed E-state index contributed by atoms with van der Waals surface area (Å²) >= 11 is 0. The van der Waals surface area contributed by atoms with Crippen molar-refractivity contribution < 1.29 is 12.8 Å². The summed E-state index contributed by atoms with van der Waals surface area (Å²) in [7, 11) is -3.43. The lowest BCUT2D eigenvalue weighted by molar-refractivity contribution is 0.581. The summed E-state index contributed by atoms with van der Waals surface area (Å²) < 4.78 is 37.2. The Bertz CT molecular complexity index is 659. The Kier molecular flexibility index (Phi) is 3.08. The number of hydrogen-bond donors (Lipinski definition) is 1. The highest BCUT2D eigenvalue weighted by atomic mass is 32.2. The van der Waals surface area contributed by atoms with Crippen LogP contribution in [0, 0.1) is 5.82 Å². The van der Waals surface area contributed by atoms with Crippen molar-refractivity contribution in [2.75, 3.05) is 11.5 Å². The van der Waals surface area contributed by atoms with Gasteiger partial charge in [0.05, 0.1) is 18.1 Å². The average molecular weight is 269 g/mol. The number of anilines is 1. The predicted molar refractivity (Wildman–Crippen MR) is 66.9 cm³/mol. The van der Waals surface area contributed by atoms with Crippen LogP contribution in [0.2, 0.25) is 0 Å². The van der Waals surface area contributed by atoms with E-state index in [2.05, 4.69) is 5.10 Å². The molecule has 0 unspecified atom stereocenters. The van der Waals surface area contributed by atoms with E-state index >= 15 is 0 Å². The van der Waals surface area contributed by atoms with Gasteiger partial charge in [0.2, 0.25) is 0 Å². The number of halogens is 1. The smallest absolute Gasteiger partial charge is 0.253 e. The molecule has 0 saturated heterocycles. The molecule has 0 saturated carbocycles. The largest absolute Gasteiger partial charge is 0.399 e. The van der Waals surface area contributed by atoms with E-state index in [0.29, 0.717) is 11.1 Å². The molecule has 2 rings (SSSR count). The van der Waals surface area contributed by atoms with Crippen LogP contribution >= 0.6 is 0 Å². The number of benzene rings is 1. The maximum Gasteiger partial charge on any atom is 0.253 e. The van der Waals surface area contributed by atoms with Gasteiger partial charge in [0.15, 0.2) is 0 Å². The molecule has 1 aromatic carbocycles. The molecule has 2 aromatic rings. The molecular weight excluding hydrogens is 257 g/mol. The topological polar surface area (TPSA) is 78.0 Å². The van der Waals surface area contributed by atoms with Gasteiger partial charge in [-0.05, 0) is 30.7 Å². The average Bonchev–Trinajstić information content (AvgIpc) is 2.77. The normalized spacial score (nSPS) is 11.7. The maximum absolute atomic E-state index is 13.2. The monoisotopic (exact) mass is 269 g/mol. The lowest BCUT2D eigenvalue weighted by Gasteiger charge is -2.01. The molecule has 0 atom stereocenters. The lowest BCUT2D eigenvalue weighted by atomic mass is 10.1. The van der Waals surface area contributed by atoms with Crippen LogP contribution in [0.25, 0.3) is 11.1 Å². The molecule has 0 aliphatic carbocycles. The molecule has 0 fully saturated rings. The van der Waals surface area contributed by atoms with Gasteiger partial charge in [-0.25, -0.2) is 12.8 Å². The molecule has 0 spiro atoms. The van der Waals surface area contributed by atoms with E-state index in [1.807, 2.05) is 0 Å². The van der Waals surface area contributed by atoms with Gasteiger partial charge in [-0.15, -0.1) is 0 Å². The minimum atomic E-state index is -3.43. The number of aromatic nitrogens is 2. The first kappa shape index (κ1) is 12.6. The van der Waals surface area contributed by atoms with Gasteiger partial charge in [-0.2, -0.15) is 9.19 Å². The molecule has 7 heteroatoms. The zero-order valence-corrected chi connectivity index (χ0v) is 10.5. The van der Waals surface area contributed by atoms with Gasteiger partial charge in [0.25, 0.3) is 10.0 Å². The molecule has 5 nitrogen and oxygen atoms in total. The molecule has 18 heavy (non-hydrogen) atoms. The number of nitrogens with zero attached hydrogens (tertiary/aromatic N) is 2. The standard InChI is InChI=1S/C11H12FN3O2S/c1-2-18(16,17)15-7-9(6-14-15)8-3-10(12)5-11(13)4-8/h3-7H,2,13H2,1H3. The predicted octanol–water partition coefficient (Wildman–Crippen LogP) is 1.47. The van der Waals surface area contributed by atoms with Gasteiger partial charge in [0, 0.05) is 11.3 Å². The van der Waals surface area contributed by atoms with Crippen LogP contribution in [-0.4, -0.2) is 23.4 Å².